The van der Waals surface area contributed by atoms with Gasteiger partial charge in [0, 0.05) is 6.20 Å². The predicted octanol–water partition coefficient (Wildman–Crippen LogP) is 3.44. The van der Waals surface area contributed by atoms with E-state index in [-0.39, 0.29) is 6.04 Å². The molecule has 3 nitrogen and oxygen atoms in total. The first kappa shape index (κ1) is 14.7. The number of hydrogen-bond donors (Lipinski definition) is 1. The van der Waals surface area contributed by atoms with E-state index in [9.17, 15) is 0 Å². The second-order valence-corrected chi connectivity index (χ2v) is 5.01. The smallest absolute Gasteiger partial charge is 0.125 e. The van der Waals surface area contributed by atoms with Gasteiger partial charge < -0.3 is 5.32 Å². The van der Waals surface area contributed by atoms with Crippen LogP contribution in [0.3, 0.4) is 0 Å². The maximum atomic E-state index is 4.55. The normalized spacial score (nSPS) is 12.3. The Kier molecular flexibility index (Phi) is 5.24. The van der Waals surface area contributed by atoms with Gasteiger partial charge in [-0.25, -0.2) is 9.97 Å². The molecule has 0 spiro atoms. The lowest BCUT2D eigenvalue weighted by atomic mass is 10.0. The van der Waals surface area contributed by atoms with Gasteiger partial charge in [0.2, 0.25) is 0 Å². The summed E-state index contributed by atoms with van der Waals surface area (Å²) in [6.45, 7) is 7.16. The molecule has 0 bridgehead atoms. The molecular formula is C17H23N3. The molecule has 0 aliphatic carbocycles. The van der Waals surface area contributed by atoms with Crippen LogP contribution >= 0.6 is 0 Å². The first-order valence-electron chi connectivity index (χ1n) is 7.36. The molecule has 0 aliphatic heterocycles. The van der Waals surface area contributed by atoms with E-state index in [1.165, 1.54) is 17.5 Å². The second-order valence-electron chi connectivity index (χ2n) is 5.01. The quantitative estimate of drug-likeness (QED) is 0.873. The van der Waals surface area contributed by atoms with Crippen molar-refractivity contribution in [3.05, 3.63) is 59.2 Å². The Hall–Kier alpha value is -1.74. The summed E-state index contributed by atoms with van der Waals surface area (Å²) in [7, 11) is 0. The molecule has 106 valence electrons. The molecule has 20 heavy (non-hydrogen) atoms. The molecule has 0 fully saturated rings. The van der Waals surface area contributed by atoms with Gasteiger partial charge in [-0.3, -0.25) is 0 Å². The van der Waals surface area contributed by atoms with Crippen molar-refractivity contribution in [2.75, 3.05) is 6.54 Å². The van der Waals surface area contributed by atoms with Crippen molar-refractivity contribution in [3.63, 3.8) is 0 Å². The van der Waals surface area contributed by atoms with Crippen LogP contribution in [0.5, 0.6) is 0 Å². The van der Waals surface area contributed by atoms with Crippen molar-refractivity contribution in [1.82, 2.24) is 15.3 Å². The van der Waals surface area contributed by atoms with Crippen LogP contribution in [0, 0.1) is 6.92 Å². The largest absolute Gasteiger partial charge is 0.305 e. The Labute approximate surface area is 121 Å². The van der Waals surface area contributed by atoms with Crippen molar-refractivity contribution >= 4 is 0 Å². The third-order valence-corrected chi connectivity index (χ3v) is 3.35. The van der Waals surface area contributed by atoms with E-state index in [0.717, 1.165) is 24.5 Å². The summed E-state index contributed by atoms with van der Waals surface area (Å²) in [5.74, 6) is 0.813. The van der Waals surface area contributed by atoms with Crippen LogP contribution in [0.1, 0.15) is 49.0 Å². The van der Waals surface area contributed by atoms with Gasteiger partial charge in [-0.15, -0.1) is 0 Å². The third-order valence-electron chi connectivity index (χ3n) is 3.35. The van der Waals surface area contributed by atoms with Crippen molar-refractivity contribution < 1.29 is 0 Å². The van der Waals surface area contributed by atoms with E-state index in [1.54, 1.807) is 0 Å². The second kappa shape index (κ2) is 7.15. The molecule has 0 radical (unpaired) electrons. The zero-order valence-corrected chi connectivity index (χ0v) is 12.6. The third kappa shape index (κ3) is 3.64. The number of nitrogens with one attached hydrogen (secondary N) is 1. The molecule has 1 aromatic carbocycles. The molecule has 1 unspecified atom stereocenters. The number of aryl methyl sites for hydroxylation is 2. The van der Waals surface area contributed by atoms with E-state index in [1.807, 2.05) is 19.2 Å². The summed E-state index contributed by atoms with van der Waals surface area (Å²) in [4.78, 5) is 8.73. The van der Waals surface area contributed by atoms with Gasteiger partial charge in [0.15, 0.2) is 0 Å². The molecule has 1 atom stereocenters. The van der Waals surface area contributed by atoms with Crippen LogP contribution in [-0.2, 0) is 6.42 Å². The number of benzene rings is 1. The topological polar surface area (TPSA) is 37.8 Å². The summed E-state index contributed by atoms with van der Waals surface area (Å²) < 4.78 is 0. The monoisotopic (exact) mass is 269 g/mol. The maximum Gasteiger partial charge on any atom is 0.125 e. The highest BCUT2D eigenvalue weighted by Crippen LogP contribution is 2.21. The minimum Gasteiger partial charge on any atom is -0.305 e. The molecule has 0 saturated carbocycles. The van der Waals surface area contributed by atoms with Crippen LogP contribution in [0.4, 0.5) is 0 Å². The SMILES string of the molecule is CCCc1ccc(C(NCC)c2ccnc(C)n2)cc1. The van der Waals surface area contributed by atoms with Crippen molar-refractivity contribution in [2.24, 2.45) is 0 Å². The molecule has 1 aromatic heterocycles. The van der Waals surface area contributed by atoms with Crippen LogP contribution in [0.15, 0.2) is 36.5 Å². The van der Waals surface area contributed by atoms with Gasteiger partial charge in [-0.2, -0.15) is 0 Å². The van der Waals surface area contributed by atoms with E-state index >= 15 is 0 Å². The Bertz CT molecular complexity index is 534. The summed E-state index contributed by atoms with van der Waals surface area (Å²) in [6, 6.07) is 11.0. The van der Waals surface area contributed by atoms with Gasteiger partial charge in [0.05, 0.1) is 11.7 Å². The van der Waals surface area contributed by atoms with Gasteiger partial charge in [0.1, 0.15) is 5.82 Å². The standard InChI is InChI=1S/C17H23N3/c1-4-6-14-7-9-15(10-8-14)17(18-5-2)16-11-12-19-13(3)20-16/h7-12,17-18H,4-6H2,1-3H3. The lowest BCUT2D eigenvalue weighted by Gasteiger charge is -2.18. The summed E-state index contributed by atoms with van der Waals surface area (Å²) in [5.41, 5.74) is 3.68. The number of rotatable bonds is 6. The van der Waals surface area contributed by atoms with Crippen LogP contribution in [0.2, 0.25) is 0 Å². The molecule has 2 aromatic rings. The minimum absolute atomic E-state index is 0.136. The molecule has 1 heterocycles. The van der Waals surface area contributed by atoms with Crippen molar-refractivity contribution in [1.29, 1.82) is 0 Å². The summed E-state index contributed by atoms with van der Waals surface area (Å²) in [5, 5.41) is 3.50. The minimum atomic E-state index is 0.136. The average molecular weight is 269 g/mol. The molecule has 0 amide bonds. The first-order chi connectivity index (χ1) is 9.74. The average Bonchev–Trinajstić information content (AvgIpc) is 2.46. The highest BCUT2D eigenvalue weighted by molar-refractivity contribution is 5.30. The molecule has 0 saturated heterocycles. The van der Waals surface area contributed by atoms with E-state index in [2.05, 4.69) is 53.4 Å². The zero-order chi connectivity index (χ0) is 14.4. The molecule has 3 heteroatoms. The fourth-order valence-electron chi connectivity index (χ4n) is 2.40. The van der Waals surface area contributed by atoms with E-state index in [0.29, 0.717) is 0 Å². The van der Waals surface area contributed by atoms with E-state index in [4.69, 9.17) is 0 Å². The van der Waals surface area contributed by atoms with Gasteiger partial charge in [-0.1, -0.05) is 44.5 Å². The highest BCUT2D eigenvalue weighted by Gasteiger charge is 2.14. The van der Waals surface area contributed by atoms with Crippen LogP contribution in [-0.4, -0.2) is 16.5 Å². The Balaban J connectivity index is 2.28. The predicted molar refractivity (Wildman–Crippen MR) is 82.7 cm³/mol. The Morgan fingerprint density at radius 3 is 2.45 bits per heavy atom. The number of aromatic nitrogens is 2. The number of nitrogens with zero attached hydrogens (tertiary/aromatic N) is 2. The fourth-order valence-corrected chi connectivity index (χ4v) is 2.40. The fraction of sp³-hybridized carbons (Fsp3) is 0.412. The van der Waals surface area contributed by atoms with Crippen LogP contribution in [0.25, 0.3) is 0 Å². The zero-order valence-electron chi connectivity index (χ0n) is 12.6. The van der Waals surface area contributed by atoms with Crippen molar-refractivity contribution in [2.45, 2.75) is 39.7 Å². The van der Waals surface area contributed by atoms with Gasteiger partial charge in [-0.05, 0) is 37.1 Å². The molecule has 2 rings (SSSR count). The molecular weight excluding hydrogens is 246 g/mol. The molecule has 0 aliphatic rings. The highest BCUT2D eigenvalue weighted by atomic mass is 15.0. The number of hydrogen-bond acceptors (Lipinski definition) is 3. The van der Waals surface area contributed by atoms with Crippen molar-refractivity contribution in [3.8, 4) is 0 Å². The lowest BCUT2D eigenvalue weighted by molar-refractivity contribution is 0.611. The summed E-state index contributed by atoms with van der Waals surface area (Å²) in [6.07, 6.45) is 4.15. The van der Waals surface area contributed by atoms with Crippen LogP contribution < -0.4 is 5.32 Å². The van der Waals surface area contributed by atoms with E-state index < -0.39 is 0 Å². The van der Waals surface area contributed by atoms with Gasteiger partial charge >= 0.3 is 0 Å². The van der Waals surface area contributed by atoms with Gasteiger partial charge in [0.25, 0.3) is 0 Å². The Morgan fingerprint density at radius 2 is 1.85 bits per heavy atom. The lowest BCUT2D eigenvalue weighted by Crippen LogP contribution is -2.23. The maximum absolute atomic E-state index is 4.55. The molecule has 1 N–H and O–H groups in total. The Morgan fingerprint density at radius 1 is 1.10 bits per heavy atom. The summed E-state index contributed by atoms with van der Waals surface area (Å²) >= 11 is 0. The first-order valence-corrected chi connectivity index (χ1v) is 7.36.